The van der Waals surface area contributed by atoms with Crippen LogP contribution in [0.15, 0.2) is 34.8 Å². The van der Waals surface area contributed by atoms with Gasteiger partial charge in [-0.05, 0) is 41.1 Å². The average molecular weight is 294 g/mol. The molecule has 0 fully saturated rings. The highest BCUT2D eigenvalue weighted by molar-refractivity contribution is 9.10. The molecule has 0 aliphatic heterocycles. The number of nitrogens with one attached hydrogen (secondary N) is 1. The van der Waals surface area contributed by atoms with Gasteiger partial charge in [0.05, 0.1) is 5.56 Å². The van der Waals surface area contributed by atoms with Crippen LogP contribution in [-0.2, 0) is 6.18 Å². The minimum atomic E-state index is -4.31. The van der Waals surface area contributed by atoms with Crippen molar-refractivity contribution >= 4 is 21.6 Å². The maximum atomic E-state index is 12.4. The van der Waals surface area contributed by atoms with E-state index in [2.05, 4.69) is 21.2 Å². The van der Waals surface area contributed by atoms with Crippen molar-refractivity contribution in [2.75, 3.05) is 11.9 Å². The summed E-state index contributed by atoms with van der Waals surface area (Å²) in [5, 5.41) is 2.89. The third-order valence-electron chi connectivity index (χ3n) is 1.94. The molecule has 1 nitrogen and oxygen atoms in total. The van der Waals surface area contributed by atoms with Crippen molar-refractivity contribution < 1.29 is 13.2 Å². The van der Waals surface area contributed by atoms with Gasteiger partial charge >= 0.3 is 6.18 Å². The van der Waals surface area contributed by atoms with Gasteiger partial charge in [-0.15, -0.1) is 0 Å². The highest BCUT2D eigenvalue weighted by Gasteiger charge is 2.30. The lowest BCUT2D eigenvalue weighted by Gasteiger charge is -2.11. The summed E-state index contributed by atoms with van der Waals surface area (Å²) >= 11 is 3.20. The molecule has 0 saturated heterocycles. The van der Waals surface area contributed by atoms with E-state index < -0.39 is 11.7 Å². The minimum Gasteiger partial charge on any atom is -0.381 e. The Hall–Kier alpha value is -0.970. The molecule has 0 amide bonds. The molecule has 0 aromatic heterocycles. The Morgan fingerprint density at radius 1 is 1.38 bits per heavy atom. The SMILES string of the molecule is C/C=C/CNc1cc(C(F)(F)F)ccc1Br. The van der Waals surface area contributed by atoms with E-state index in [0.29, 0.717) is 16.7 Å². The summed E-state index contributed by atoms with van der Waals surface area (Å²) in [5.41, 5.74) is -0.216. The molecule has 0 bridgehead atoms. The fourth-order valence-electron chi connectivity index (χ4n) is 1.12. The van der Waals surface area contributed by atoms with Gasteiger partial charge < -0.3 is 5.32 Å². The molecule has 1 aromatic rings. The fraction of sp³-hybridized carbons (Fsp3) is 0.273. The van der Waals surface area contributed by atoms with E-state index in [9.17, 15) is 13.2 Å². The molecule has 0 aliphatic rings. The maximum Gasteiger partial charge on any atom is 0.416 e. The highest BCUT2D eigenvalue weighted by atomic mass is 79.9. The molecule has 0 saturated carbocycles. The number of halogens is 4. The van der Waals surface area contributed by atoms with E-state index in [4.69, 9.17) is 0 Å². The number of benzene rings is 1. The van der Waals surface area contributed by atoms with Gasteiger partial charge in [0, 0.05) is 16.7 Å². The van der Waals surface area contributed by atoms with Crippen LogP contribution >= 0.6 is 15.9 Å². The van der Waals surface area contributed by atoms with Crippen LogP contribution in [0, 0.1) is 0 Å². The molecule has 5 heteroatoms. The Balaban J connectivity index is 2.91. The first-order chi connectivity index (χ1) is 7.45. The van der Waals surface area contributed by atoms with Crippen molar-refractivity contribution in [1.82, 2.24) is 0 Å². The molecule has 1 N–H and O–H groups in total. The number of hydrogen-bond donors (Lipinski definition) is 1. The molecule has 1 aromatic carbocycles. The largest absolute Gasteiger partial charge is 0.416 e. The molecule has 0 atom stereocenters. The van der Waals surface area contributed by atoms with Gasteiger partial charge in [0.2, 0.25) is 0 Å². The van der Waals surface area contributed by atoms with Crippen LogP contribution in [0.1, 0.15) is 12.5 Å². The predicted molar refractivity (Wildman–Crippen MR) is 62.4 cm³/mol. The Morgan fingerprint density at radius 3 is 2.62 bits per heavy atom. The number of alkyl halides is 3. The topological polar surface area (TPSA) is 12.0 Å². The molecular formula is C11H11BrF3N. The van der Waals surface area contributed by atoms with Crippen molar-refractivity contribution in [3.8, 4) is 0 Å². The second-order valence-electron chi connectivity index (χ2n) is 3.14. The van der Waals surface area contributed by atoms with Gasteiger partial charge in [0.25, 0.3) is 0 Å². The second-order valence-corrected chi connectivity index (χ2v) is 4.00. The summed E-state index contributed by atoms with van der Waals surface area (Å²) in [4.78, 5) is 0. The molecule has 16 heavy (non-hydrogen) atoms. The summed E-state index contributed by atoms with van der Waals surface area (Å²) in [6.07, 6.45) is -0.654. The van der Waals surface area contributed by atoms with Crippen molar-refractivity contribution in [1.29, 1.82) is 0 Å². The van der Waals surface area contributed by atoms with Crippen LogP contribution < -0.4 is 5.32 Å². The molecule has 1 rings (SSSR count). The van der Waals surface area contributed by atoms with E-state index in [-0.39, 0.29) is 0 Å². The summed E-state index contributed by atoms with van der Waals surface area (Å²) in [6.45, 7) is 2.35. The van der Waals surface area contributed by atoms with E-state index >= 15 is 0 Å². The van der Waals surface area contributed by atoms with Crippen LogP contribution in [0.2, 0.25) is 0 Å². The molecule has 0 radical (unpaired) electrons. The molecule has 0 heterocycles. The van der Waals surface area contributed by atoms with Gasteiger partial charge in [-0.3, -0.25) is 0 Å². The summed E-state index contributed by atoms with van der Waals surface area (Å²) in [6, 6.07) is 3.53. The molecule has 0 spiro atoms. The minimum absolute atomic E-state index is 0.438. The van der Waals surface area contributed by atoms with Gasteiger partial charge in [-0.2, -0.15) is 13.2 Å². The van der Waals surface area contributed by atoms with Gasteiger partial charge in [-0.1, -0.05) is 12.2 Å². The quantitative estimate of drug-likeness (QED) is 0.812. The molecule has 0 unspecified atom stereocenters. The first-order valence-corrected chi connectivity index (χ1v) is 5.46. The normalized spacial score (nSPS) is 12.1. The first kappa shape index (κ1) is 13.1. The number of anilines is 1. The number of rotatable bonds is 3. The van der Waals surface area contributed by atoms with Gasteiger partial charge in [0.1, 0.15) is 0 Å². The third-order valence-corrected chi connectivity index (χ3v) is 2.63. The average Bonchev–Trinajstić information content (AvgIpc) is 2.19. The number of allylic oxidation sites excluding steroid dienone is 1. The van der Waals surface area contributed by atoms with E-state index in [0.717, 1.165) is 12.1 Å². The smallest absolute Gasteiger partial charge is 0.381 e. The zero-order valence-electron chi connectivity index (χ0n) is 8.61. The van der Waals surface area contributed by atoms with Crippen molar-refractivity contribution in [2.24, 2.45) is 0 Å². The Labute approximate surface area is 100 Å². The van der Waals surface area contributed by atoms with Crippen molar-refractivity contribution in [2.45, 2.75) is 13.1 Å². The van der Waals surface area contributed by atoms with Crippen LogP contribution in [0.5, 0.6) is 0 Å². The van der Waals surface area contributed by atoms with Crippen LogP contribution in [-0.4, -0.2) is 6.54 Å². The van der Waals surface area contributed by atoms with Gasteiger partial charge in [0.15, 0.2) is 0 Å². The standard InChI is InChI=1S/C11H11BrF3N/c1-2-3-6-16-10-7-8(11(13,14)15)4-5-9(10)12/h2-5,7,16H,6H2,1H3/b3-2+. The van der Waals surface area contributed by atoms with Crippen LogP contribution in [0.4, 0.5) is 18.9 Å². The summed E-state index contributed by atoms with van der Waals surface area (Å²) < 4.78 is 37.9. The van der Waals surface area contributed by atoms with Crippen LogP contribution in [0.3, 0.4) is 0 Å². The molecular weight excluding hydrogens is 283 g/mol. The predicted octanol–water partition coefficient (Wildman–Crippen LogP) is 4.46. The molecule has 88 valence electrons. The first-order valence-electron chi connectivity index (χ1n) is 4.67. The van der Waals surface area contributed by atoms with E-state index in [1.165, 1.54) is 6.07 Å². The summed E-state index contributed by atoms with van der Waals surface area (Å²) in [5.74, 6) is 0. The van der Waals surface area contributed by atoms with Crippen LogP contribution in [0.25, 0.3) is 0 Å². The van der Waals surface area contributed by atoms with Gasteiger partial charge in [-0.25, -0.2) is 0 Å². The zero-order valence-corrected chi connectivity index (χ0v) is 10.2. The molecule has 0 aliphatic carbocycles. The highest BCUT2D eigenvalue weighted by Crippen LogP contribution is 2.33. The lowest BCUT2D eigenvalue weighted by Crippen LogP contribution is -2.07. The lowest BCUT2D eigenvalue weighted by atomic mass is 10.2. The fourth-order valence-corrected chi connectivity index (χ4v) is 1.51. The Kier molecular flexibility index (Phi) is 4.41. The van der Waals surface area contributed by atoms with Crippen molar-refractivity contribution in [3.63, 3.8) is 0 Å². The Bertz CT molecular complexity index is 385. The Morgan fingerprint density at radius 2 is 2.06 bits per heavy atom. The van der Waals surface area contributed by atoms with Crippen molar-refractivity contribution in [3.05, 3.63) is 40.4 Å². The third kappa shape index (κ3) is 3.56. The lowest BCUT2D eigenvalue weighted by molar-refractivity contribution is -0.137. The monoisotopic (exact) mass is 293 g/mol. The maximum absolute atomic E-state index is 12.4. The number of hydrogen-bond acceptors (Lipinski definition) is 1. The second kappa shape index (κ2) is 5.39. The summed E-state index contributed by atoms with van der Waals surface area (Å²) in [7, 11) is 0. The van der Waals surface area contributed by atoms with E-state index in [1.807, 2.05) is 19.1 Å². The zero-order chi connectivity index (χ0) is 12.2. The van der Waals surface area contributed by atoms with E-state index in [1.54, 1.807) is 0 Å².